The standard InChI is InChI=1S/C26H21N3O2/c1-17-22(19-13-15-21(31-2)16-14-19)26(30)29-25(27-17)23(18-9-5-3-6-10-18)24(28-29)20-11-7-4-8-12-20/h3-16,28H,1-2H3. The van der Waals surface area contributed by atoms with E-state index in [1.165, 1.54) is 0 Å². The van der Waals surface area contributed by atoms with Crippen molar-refractivity contribution in [2.24, 2.45) is 0 Å². The third-order valence-electron chi connectivity index (χ3n) is 5.47. The number of H-pyrrole nitrogens is 1. The lowest BCUT2D eigenvalue weighted by molar-refractivity contribution is 0.415. The van der Waals surface area contributed by atoms with Crippen LogP contribution in [-0.2, 0) is 0 Å². The number of fused-ring (bicyclic) bond motifs is 1. The highest BCUT2D eigenvalue weighted by Crippen LogP contribution is 2.34. The fourth-order valence-electron chi connectivity index (χ4n) is 3.96. The lowest BCUT2D eigenvalue weighted by Gasteiger charge is -2.08. The zero-order valence-corrected chi connectivity index (χ0v) is 17.3. The van der Waals surface area contributed by atoms with Gasteiger partial charge in [0.1, 0.15) is 5.75 Å². The molecule has 5 nitrogen and oxygen atoms in total. The van der Waals surface area contributed by atoms with Crippen LogP contribution in [0.4, 0.5) is 0 Å². The normalized spacial score (nSPS) is 11.0. The van der Waals surface area contributed by atoms with Crippen LogP contribution in [0.5, 0.6) is 5.75 Å². The fraction of sp³-hybridized carbons (Fsp3) is 0.0769. The van der Waals surface area contributed by atoms with Gasteiger partial charge >= 0.3 is 0 Å². The van der Waals surface area contributed by atoms with Crippen LogP contribution < -0.4 is 10.3 Å². The predicted octanol–water partition coefficient (Wildman–Crippen LogP) is 5.34. The average molecular weight is 407 g/mol. The summed E-state index contributed by atoms with van der Waals surface area (Å²) in [6, 6.07) is 27.5. The first-order valence-electron chi connectivity index (χ1n) is 10.1. The van der Waals surface area contributed by atoms with E-state index in [4.69, 9.17) is 9.72 Å². The Labute approximate surface area is 179 Å². The molecule has 2 heterocycles. The highest BCUT2D eigenvalue weighted by Gasteiger charge is 2.21. The van der Waals surface area contributed by atoms with Crippen LogP contribution in [0, 0.1) is 6.92 Å². The first-order valence-corrected chi connectivity index (χ1v) is 10.1. The monoisotopic (exact) mass is 407 g/mol. The highest BCUT2D eigenvalue weighted by molar-refractivity contribution is 5.91. The number of benzene rings is 3. The maximum Gasteiger partial charge on any atom is 0.280 e. The molecular formula is C26H21N3O2. The molecule has 0 atom stereocenters. The smallest absolute Gasteiger partial charge is 0.280 e. The van der Waals surface area contributed by atoms with Gasteiger partial charge in [-0.25, -0.2) is 4.98 Å². The van der Waals surface area contributed by atoms with E-state index in [2.05, 4.69) is 5.10 Å². The Kier molecular flexibility index (Phi) is 4.64. The van der Waals surface area contributed by atoms with Gasteiger partial charge in [-0.15, -0.1) is 0 Å². The van der Waals surface area contributed by atoms with Gasteiger partial charge in [-0.2, -0.15) is 4.52 Å². The van der Waals surface area contributed by atoms with Crippen LogP contribution in [0.2, 0.25) is 0 Å². The van der Waals surface area contributed by atoms with Crippen LogP contribution in [0.3, 0.4) is 0 Å². The maximum absolute atomic E-state index is 13.6. The topological polar surface area (TPSA) is 59.4 Å². The molecule has 2 aromatic heterocycles. The van der Waals surface area contributed by atoms with Crippen molar-refractivity contribution in [1.29, 1.82) is 0 Å². The summed E-state index contributed by atoms with van der Waals surface area (Å²) in [5.41, 5.74) is 6.32. The Morgan fingerprint density at radius 3 is 1.97 bits per heavy atom. The van der Waals surface area contributed by atoms with Gasteiger partial charge in [0, 0.05) is 5.56 Å². The van der Waals surface area contributed by atoms with Gasteiger partial charge in [0.2, 0.25) is 0 Å². The molecule has 0 aliphatic heterocycles. The minimum atomic E-state index is -0.132. The molecule has 0 fully saturated rings. The maximum atomic E-state index is 13.6. The molecule has 0 radical (unpaired) electrons. The molecule has 5 aromatic rings. The summed E-state index contributed by atoms with van der Waals surface area (Å²) in [5, 5.41) is 3.32. The number of ether oxygens (including phenoxy) is 1. The van der Waals surface area contributed by atoms with Crippen molar-refractivity contribution >= 4 is 5.65 Å². The Morgan fingerprint density at radius 2 is 1.35 bits per heavy atom. The molecule has 0 aliphatic carbocycles. The number of methoxy groups -OCH3 is 1. The second-order valence-corrected chi connectivity index (χ2v) is 7.36. The van der Waals surface area contributed by atoms with E-state index in [1.54, 1.807) is 11.6 Å². The van der Waals surface area contributed by atoms with Gasteiger partial charge < -0.3 is 4.74 Å². The van der Waals surface area contributed by atoms with E-state index in [0.29, 0.717) is 16.9 Å². The van der Waals surface area contributed by atoms with E-state index in [9.17, 15) is 4.79 Å². The second-order valence-electron chi connectivity index (χ2n) is 7.36. The van der Waals surface area contributed by atoms with Crippen molar-refractivity contribution in [2.75, 3.05) is 7.11 Å². The number of aromatic nitrogens is 3. The first-order chi connectivity index (χ1) is 15.2. The fourth-order valence-corrected chi connectivity index (χ4v) is 3.96. The molecule has 0 amide bonds. The number of nitrogens with zero attached hydrogens (tertiary/aromatic N) is 2. The molecule has 0 aliphatic rings. The van der Waals surface area contributed by atoms with Crippen molar-refractivity contribution < 1.29 is 4.74 Å². The summed E-state index contributed by atoms with van der Waals surface area (Å²) in [7, 11) is 1.62. The van der Waals surface area contributed by atoms with E-state index in [-0.39, 0.29) is 5.56 Å². The first kappa shape index (κ1) is 18.9. The number of nitrogens with one attached hydrogen (secondary N) is 1. The van der Waals surface area contributed by atoms with Gasteiger partial charge in [-0.3, -0.25) is 9.89 Å². The molecule has 31 heavy (non-hydrogen) atoms. The third kappa shape index (κ3) is 3.20. The molecule has 1 N–H and O–H groups in total. The lowest BCUT2D eigenvalue weighted by Crippen LogP contribution is -2.19. The molecule has 0 unspecified atom stereocenters. The van der Waals surface area contributed by atoms with Gasteiger partial charge in [0.15, 0.2) is 5.65 Å². The molecule has 5 heteroatoms. The number of aromatic amines is 1. The molecular weight excluding hydrogens is 386 g/mol. The largest absolute Gasteiger partial charge is 0.497 e. The molecule has 0 bridgehead atoms. The van der Waals surface area contributed by atoms with Crippen LogP contribution in [0.25, 0.3) is 39.2 Å². The molecule has 152 valence electrons. The van der Waals surface area contributed by atoms with Crippen molar-refractivity contribution in [3.63, 3.8) is 0 Å². The third-order valence-corrected chi connectivity index (χ3v) is 5.47. The molecule has 0 spiro atoms. The van der Waals surface area contributed by atoms with Crippen LogP contribution in [0.15, 0.2) is 89.7 Å². The van der Waals surface area contributed by atoms with Gasteiger partial charge in [-0.05, 0) is 30.2 Å². The number of rotatable bonds is 4. The van der Waals surface area contributed by atoms with Crippen molar-refractivity contribution in [1.82, 2.24) is 14.6 Å². The molecule has 3 aromatic carbocycles. The van der Waals surface area contributed by atoms with E-state index in [0.717, 1.165) is 33.7 Å². The van der Waals surface area contributed by atoms with Crippen molar-refractivity contribution in [2.45, 2.75) is 6.92 Å². The van der Waals surface area contributed by atoms with Crippen molar-refractivity contribution in [3.8, 4) is 39.3 Å². The van der Waals surface area contributed by atoms with Gasteiger partial charge in [0.05, 0.1) is 29.6 Å². The quantitative estimate of drug-likeness (QED) is 0.437. The van der Waals surface area contributed by atoms with E-state index in [1.807, 2.05) is 91.9 Å². The Morgan fingerprint density at radius 1 is 0.774 bits per heavy atom. The summed E-state index contributed by atoms with van der Waals surface area (Å²) in [6.45, 7) is 1.88. The summed E-state index contributed by atoms with van der Waals surface area (Å²) in [6.07, 6.45) is 0. The molecule has 0 saturated carbocycles. The lowest BCUT2D eigenvalue weighted by atomic mass is 10.0. The Bertz CT molecular complexity index is 1420. The number of aryl methyl sites for hydroxylation is 1. The SMILES string of the molecule is COc1ccc(-c2c(C)nc3c(-c4ccccc4)c(-c4ccccc4)[nH]n3c2=O)cc1. The van der Waals surface area contributed by atoms with Gasteiger partial charge in [0.25, 0.3) is 5.56 Å². The number of hydrogen-bond donors (Lipinski definition) is 1. The van der Waals surface area contributed by atoms with Crippen LogP contribution in [-0.4, -0.2) is 21.7 Å². The minimum Gasteiger partial charge on any atom is -0.497 e. The summed E-state index contributed by atoms with van der Waals surface area (Å²) < 4.78 is 6.80. The number of hydrogen-bond acceptors (Lipinski definition) is 3. The van der Waals surface area contributed by atoms with Crippen LogP contribution >= 0.6 is 0 Å². The van der Waals surface area contributed by atoms with E-state index < -0.39 is 0 Å². The highest BCUT2D eigenvalue weighted by atomic mass is 16.5. The Hall–Kier alpha value is -4.12. The molecule has 5 rings (SSSR count). The van der Waals surface area contributed by atoms with Crippen molar-refractivity contribution in [3.05, 3.63) is 101 Å². The zero-order chi connectivity index (χ0) is 21.4. The average Bonchev–Trinajstić information content (AvgIpc) is 3.20. The second kappa shape index (κ2) is 7.61. The minimum absolute atomic E-state index is 0.132. The van der Waals surface area contributed by atoms with E-state index >= 15 is 0 Å². The van der Waals surface area contributed by atoms with Crippen LogP contribution in [0.1, 0.15) is 5.69 Å². The molecule has 0 saturated heterocycles. The summed E-state index contributed by atoms with van der Waals surface area (Å²) in [5.74, 6) is 0.744. The Balaban J connectivity index is 1.82. The summed E-state index contributed by atoms with van der Waals surface area (Å²) in [4.78, 5) is 18.5. The van der Waals surface area contributed by atoms with Gasteiger partial charge in [-0.1, -0.05) is 72.8 Å². The summed E-state index contributed by atoms with van der Waals surface area (Å²) >= 11 is 0. The zero-order valence-electron chi connectivity index (χ0n) is 17.3. The predicted molar refractivity (Wildman–Crippen MR) is 123 cm³/mol.